The van der Waals surface area contributed by atoms with Crippen molar-refractivity contribution in [3.05, 3.63) is 121 Å². The number of carboxylic acid groups (broad SMARTS) is 2. The standard InChI is InChI=1S/C28H30N2P2.2C5H10O2.Ru/c29-22-23(30)21-28(31(24-13-5-1-6-14-24)25-15-7-2-8-16-25)32(26-17-9-3-10-18-26)27-19-11-4-12-20-27;2*1-5(2,3)4(6)7;/h1-20,23,28H,21-22,29-30H2;2*1-3H3,(H,6,7);/q;;;+2/p-2. The van der Waals surface area contributed by atoms with Crippen LogP contribution in [0.1, 0.15) is 48.0 Å². The van der Waals surface area contributed by atoms with Crippen molar-refractivity contribution in [2.24, 2.45) is 22.3 Å². The molecule has 0 aliphatic rings. The summed E-state index contributed by atoms with van der Waals surface area (Å²) in [6.07, 6.45) is 0.890. The molecular weight excluding hydrogens is 711 g/mol. The average molecular weight is 760 g/mol. The second-order valence-corrected chi connectivity index (χ2v) is 18.1. The Hall–Kier alpha value is -2.78. The minimum Gasteiger partial charge on any atom is -0.550 e. The van der Waals surface area contributed by atoms with Gasteiger partial charge in [-0.3, -0.25) is 0 Å². The zero-order valence-electron chi connectivity index (χ0n) is 28.2. The first kappa shape index (κ1) is 42.2. The summed E-state index contributed by atoms with van der Waals surface area (Å²) in [5.74, 6) is -2.01. The molecule has 4 N–H and O–H groups in total. The summed E-state index contributed by atoms with van der Waals surface area (Å²) in [6, 6.07) is 43.8. The van der Waals surface area contributed by atoms with Gasteiger partial charge in [0.25, 0.3) is 0 Å². The molecular formula is C38H48N2O4P2Ru. The number of nitrogens with two attached hydrogens (primary N) is 2. The molecule has 0 bridgehead atoms. The number of carbonyl (C=O) groups is 2. The number of hydrogen-bond acceptors (Lipinski definition) is 6. The molecule has 4 aromatic carbocycles. The molecule has 0 fully saturated rings. The van der Waals surface area contributed by atoms with Crippen molar-refractivity contribution in [1.82, 2.24) is 0 Å². The van der Waals surface area contributed by atoms with Gasteiger partial charge in [0.05, 0.1) is 0 Å². The molecule has 0 aliphatic carbocycles. The predicted molar refractivity (Wildman–Crippen MR) is 193 cm³/mol. The van der Waals surface area contributed by atoms with Crippen LogP contribution in [0.15, 0.2) is 121 Å². The fourth-order valence-corrected chi connectivity index (χ4v) is 11.5. The van der Waals surface area contributed by atoms with Gasteiger partial charge in [0.2, 0.25) is 0 Å². The van der Waals surface area contributed by atoms with E-state index in [0.29, 0.717) is 11.9 Å². The second kappa shape index (κ2) is 20.6. The van der Waals surface area contributed by atoms with Crippen LogP contribution in [0.5, 0.6) is 0 Å². The van der Waals surface area contributed by atoms with Crippen LogP contribution in [0.2, 0.25) is 0 Å². The molecule has 252 valence electrons. The van der Waals surface area contributed by atoms with Crippen LogP contribution in [0.4, 0.5) is 0 Å². The maximum absolute atomic E-state index is 9.91. The van der Waals surface area contributed by atoms with E-state index >= 15 is 0 Å². The molecule has 1 unspecified atom stereocenters. The number of carboxylic acids is 2. The number of rotatable bonds is 9. The van der Waals surface area contributed by atoms with Gasteiger partial charge in [-0.2, -0.15) is 0 Å². The summed E-state index contributed by atoms with van der Waals surface area (Å²) < 4.78 is 0. The molecule has 47 heavy (non-hydrogen) atoms. The molecule has 4 aromatic rings. The van der Waals surface area contributed by atoms with E-state index in [9.17, 15) is 19.8 Å². The third kappa shape index (κ3) is 14.5. The third-order valence-electron chi connectivity index (χ3n) is 6.77. The van der Waals surface area contributed by atoms with E-state index in [2.05, 4.69) is 121 Å². The van der Waals surface area contributed by atoms with E-state index in [0.717, 1.165) is 6.42 Å². The van der Waals surface area contributed by atoms with Crippen molar-refractivity contribution in [2.75, 3.05) is 6.54 Å². The van der Waals surface area contributed by atoms with Crippen LogP contribution < -0.4 is 42.9 Å². The quantitative estimate of drug-likeness (QED) is 0.197. The molecule has 0 saturated heterocycles. The van der Waals surface area contributed by atoms with Crippen molar-refractivity contribution < 1.29 is 39.3 Å². The van der Waals surface area contributed by atoms with Gasteiger partial charge in [-0.15, -0.1) is 0 Å². The van der Waals surface area contributed by atoms with Gasteiger partial charge >= 0.3 is 19.5 Å². The van der Waals surface area contributed by atoms with Crippen molar-refractivity contribution in [1.29, 1.82) is 0 Å². The molecule has 9 heteroatoms. The average Bonchev–Trinajstić information content (AvgIpc) is 3.03. The summed E-state index contributed by atoms with van der Waals surface area (Å²) in [7, 11) is -1.29. The largest absolute Gasteiger partial charge is 2.00 e. The Morgan fingerprint density at radius 1 is 0.574 bits per heavy atom. The van der Waals surface area contributed by atoms with Crippen LogP contribution in [0.25, 0.3) is 0 Å². The summed E-state index contributed by atoms with van der Waals surface area (Å²) in [4.78, 5) is 19.8. The zero-order chi connectivity index (χ0) is 34.3. The first-order valence-corrected chi connectivity index (χ1v) is 18.2. The predicted octanol–water partition coefficient (Wildman–Crippen LogP) is 3.82. The van der Waals surface area contributed by atoms with E-state index in [1.165, 1.54) is 21.2 Å². The Labute approximate surface area is 296 Å². The van der Waals surface area contributed by atoms with E-state index < -0.39 is 38.6 Å². The van der Waals surface area contributed by atoms with E-state index in [1.807, 2.05) is 0 Å². The maximum Gasteiger partial charge on any atom is 2.00 e. The summed E-state index contributed by atoms with van der Waals surface area (Å²) >= 11 is 0. The van der Waals surface area contributed by atoms with Gasteiger partial charge in [0.15, 0.2) is 0 Å². The molecule has 1 atom stereocenters. The molecule has 0 aromatic heterocycles. The molecule has 0 radical (unpaired) electrons. The van der Waals surface area contributed by atoms with Crippen LogP contribution in [0, 0.1) is 10.8 Å². The van der Waals surface area contributed by atoms with Crippen LogP contribution in [-0.2, 0) is 29.1 Å². The number of carbonyl (C=O) groups excluding carboxylic acids is 2. The Morgan fingerprint density at radius 3 is 0.957 bits per heavy atom. The number of aliphatic carboxylic acids is 2. The monoisotopic (exact) mass is 760 g/mol. The van der Waals surface area contributed by atoms with Crippen LogP contribution in [0.3, 0.4) is 0 Å². The van der Waals surface area contributed by atoms with Gasteiger partial charge in [-0.1, -0.05) is 163 Å². The molecule has 0 spiro atoms. The Balaban J connectivity index is 0.000000619. The number of benzene rings is 4. The van der Waals surface area contributed by atoms with Crippen molar-refractivity contribution in [3.8, 4) is 0 Å². The summed E-state index contributed by atoms with van der Waals surface area (Å²) in [6.45, 7) is 10.1. The third-order valence-corrected chi connectivity index (χ3v) is 13.2. The molecule has 0 heterocycles. The summed E-state index contributed by atoms with van der Waals surface area (Å²) in [5, 5.41) is 25.8. The second-order valence-electron chi connectivity index (χ2n) is 12.9. The van der Waals surface area contributed by atoms with Gasteiger partial charge < -0.3 is 31.3 Å². The van der Waals surface area contributed by atoms with Crippen molar-refractivity contribution in [3.63, 3.8) is 0 Å². The molecule has 0 aliphatic heterocycles. The van der Waals surface area contributed by atoms with Gasteiger partial charge in [0, 0.05) is 40.8 Å². The van der Waals surface area contributed by atoms with E-state index in [-0.39, 0.29) is 25.5 Å². The normalized spacial score (nSPS) is 11.8. The van der Waals surface area contributed by atoms with Crippen LogP contribution in [-0.4, -0.2) is 29.9 Å². The van der Waals surface area contributed by atoms with Gasteiger partial charge in [0.1, 0.15) is 0 Å². The minimum absolute atomic E-state index is 0. The fraction of sp³-hybridized carbons (Fsp3) is 0.316. The van der Waals surface area contributed by atoms with Gasteiger partial charge in [-0.25, -0.2) is 0 Å². The Morgan fingerprint density at radius 2 is 0.787 bits per heavy atom. The SMILES string of the molecule is CC(C)(C)C(=O)[O-].CC(C)(C)C(=O)[O-].NCC(N)CC(P(c1ccccc1)c1ccccc1)P(c1ccccc1)c1ccccc1.[Ru+2]. The van der Waals surface area contributed by atoms with Crippen molar-refractivity contribution in [2.45, 2.75) is 59.4 Å². The smallest absolute Gasteiger partial charge is 0.550 e. The molecule has 0 saturated carbocycles. The van der Waals surface area contributed by atoms with Crippen molar-refractivity contribution >= 4 is 49.0 Å². The Kier molecular flexibility index (Phi) is 18.5. The van der Waals surface area contributed by atoms with Gasteiger partial charge in [-0.05, 0) is 43.5 Å². The summed E-state index contributed by atoms with van der Waals surface area (Å²) in [5.41, 5.74) is 11.2. The van der Waals surface area contributed by atoms with E-state index in [1.54, 1.807) is 41.5 Å². The maximum atomic E-state index is 9.91. The van der Waals surface area contributed by atoms with Crippen LogP contribution >= 0.6 is 15.8 Å². The zero-order valence-corrected chi connectivity index (χ0v) is 31.7. The first-order valence-electron chi connectivity index (χ1n) is 15.3. The topological polar surface area (TPSA) is 132 Å². The number of hydrogen-bond donors (Lipinski definition) is 2. The first-order chi connectivity index (χ1) is 21.7. The molecule has 4 rings (SSSR count). The Bertz CT molecular complexity index is 1260. The fourth-order valence-electron chi connectivity index (χ4n) is 4.03. The molecule has 0 amide bonds. The minimum atomic E-state index is -1.01. The molecule has 6 nitrogen and oxygen atoms in total. The van der Waals surface area contributed by atoms with E-state index in [4.69, 9.17) is 11.5 Å².